The maximum absolute atomic E-state index is 11.5. The number of hydrogen-bond donors (Lipinski definition) is 0. The molecule has 0 aliphatic heterocycles. The average Bonchev–Trinajstić information content (AvgIpc) is 2.26. The number of hydrogen-bond acceptors (Lipinski definition) is 4. The lowest BCUT2D eigenvalue weighted by atomic mass is 9.89. The number of methoxy groups -OCH3 is 2. The van der Waals surface area contributed by atoms with Gasteiger partial charge in [-0.05, 0) is 6.42 Å². The fourth-order valence-electron chi connectivity index (χ4n) is 1.61. The van der Waals surface area contributed by atoms with Crippen LogP contribution in [0.3, 0.4) is 0 Å². The highest BCUT2D eigenvalue weighted by Gasteiger charge is 2.27. The Morgan fingerprint density at radius 2 is 1.87 bits per heavy atom. The van der Waals surface area contributed by atoms with Crippen LogP contribution in [0.25, 0.3) is 0 Å². The van der Waals surface area contributed by atoms with E-state index in [1.54, 1.807) is 0 Å². The molecule has 0 heterocycles. The molecule has 4 heteroatoms. The molecule has 0 radical (unpaired) electrons. The third-order valence-electron chi connectivity index (χ3n) is 2.36. The van der Waals surface area contributed by atoms with Crippen LogP contribution in [0.1, 0.15) is 13.3 Å². The minimum absolute atomic E-state index is 0.111. The lowest BCUT2D eigenvalue weighted by Gasteiger charge is -2.18. The summed E-state index contributed by atoms with van der Waals surface area (Å²) in [5, 5.41) is 0. The van der Waals surface area contributed by atoms with Crippen LogP contribution in [0, 0.1) is 5.92 Å². The standard InChI is InChI=1S/C11H14O4/c1-7-5-4-6-8(10(12)14-2)9(7)11(13)15-3/h4-5,7H,6H2,1-3H3. The van der Waals surface area contributed by atoms with Gasteiger partial charge in [0.1, 0.15) is 0 Å². The van der Waals surface area contributed by atoms with Crippen molar-refractivity contribution in [2.75, 3.05) is 14.2 Å². The fourth-order valence-corrected chi connectivity index (χ4v) is 1.61. The molecular weight excluding hydrogens is 196 g/mol. The Morgan fingerprint density at radius 1 is 1.27 bits per heavy atom. The molecule has 0 aromatic carbocycles. The van der Waals surface area contributed by atoms with Crippen LogP contribution in [0.5, 0.6) is 0 Å². The van der Waals surface area contributed by atoms with Crippen LogP contribution in [-0.2, 0) is 19.1 Å². The number of rotatable bonds is 2. The molecule has 0 saturated heterocycles. The number of carbonyl (C=O) groups excluding carboxylic acids is 2. The average molecular weight is 210 g/mol. The van der Waals surface area contributed by atoms with Gasteiger partial charge in [0, 0.05) is 5.92 Å². The SMILES string of the molecule is COC(=O)C1=C(C(=O)OC)C(C)C=CC1. The Labute approximate surface area is 88.6 Å². The summed E-state index contributed by atoms with van der Waals surface area (Å²) >= 11 is 0. The monoisotopic (exact) mass is 210 g/mol. The van der Waals surface area contributed by atoms with Crippen molar-refractivity contribution in [3.63, 3.8) is 0 Å². The molecule has 0 aromatic rings. The maximum atomic E-state index is 11.5. The molecule has 0 spiro atoms. The minimum atomic E-state index is -0.466. The largest absolute Gasteiger partial charge is 0.466 e. The van der Waals surface area contributed by atoms with E-state index in [-0.39, 0.29) is 5.92 Å². The highest BCUT2D eigenvalue weighted by Crippen LogP contribution is 2.26. The minimum Gasteiger partial charge on any atom is -0.466 e. The molecule has 0 saturated carbocycles. The van der Waals surface area contributed by atoms with Gasteiger partial charge < -0.3 is 9.47 Å². The zero-order chi connectivity index (χ0) is 11.4. The first-order valence-corrected chi connectivity index (χ1v) is 4.68. The van der Waals surface area contributed by atoms with Gasteiger partial charge in [-0.15, -0.1) is 0 Å². The molecule has 0 amide bonds. The van der Waals surface area contributed by atoms with Gasteiger partial charge in [0.25, 0.3) is 0 Å². The van der Waals surface area contributed by atoms with Crippen LogP contribution in [0.4, 0.5) is 0 Å². The summed E-state index contributed by atoms with van der Waals surface area (Å²) in [5.41, 5.74) is 0.784. The van der Waals surface area contributed by atoms with Crippen LogP contribution in [-0.4, -0.2) is 26.2 Å². The van der Waals surface area contributed by atoms with Crippen LogP contribution < -0.4 is 0 Å². The first-order chi connectivity index (χ1) is 7.11. The molecule has 1 unspecified atom stereocenters. The Bertz CT molecular complexity index is 338. The number of esters is 2. The van der Waals surface area contributed by atoms with Crippen molar-refractivity contribution in [1.82, 2.24) is 0 Å². The van der Waals surface area contributed by atoms with Crippen molar-refractivity contribution < 1.29 is 19.1 Å². The van der Waals surface area contributed by atoms with Gasteiger partial charge in [0.2, 0.25) is 0 Å². The van der Waals surface area contributed by atoms with E-state index >= 15 is 0 Å². The van der Waals surface area contributed by atoms with E-state index in [1.165, 1.54) is 14.2 Å². The molecule has 0 N–H and O–H groups in total. The first-order valence-electron chi connectivity index (χ1n) is 4.68. The summed E-state index contributed by atoms with van der Waals surface area (Å²) in [6, 6.07) is 0. The quantitative estimate of drug-likeness (QED) is 0.508. The third-order valence-corrected chi connectivity index (χ3v) is 2.36. The van der Waals surface area contributed by atoms with E-state index in [1.807, 2.05) is 19.1 Å². The van der Waals surface area contributed by atoms with E-state index in [4.69, 9.17) is 0 Å². The summed E-state index contributed by atoms with van der Waals surface area (Å²) in [6.07, 6.45) is 4.14. The molecule has 0 fully saturated rings. The zero-order valence-corrected chi connectivity index (χ0v) is 9.07. The summed E-state index contributed by atoms with van der Waals surface area (Å²) in [7, 11) is 2.60. The van der Waals surface area contributed by atoms with E-state index in [0.29, 0.717) is 17.6 Å². The number of allylic oxidation sites excluding steroid dienone is 2. The molecule has 0 bridgehead atoms. The Kier molecular flexibility index (Phi) is 3.66. The van der Waals surface area contributed by atoms with Gasteiger partial charge >= 0.3 is 11.9 Å². The molecule has 4 nitrogen and oxygen atoms in total. The van der Waals surface area contributed by atoms with E-state index in [9.17, 15) is 9.59 Å². The Morgan fingerprint density at radius 3 is 2.40 bits per heavy atom. The lowest BCUT2D eigenvalue weighted by Crippen LogP contribution is -2.20. The molecule has 1 aliphatic rings. The van der Waals surface area contributed by atoms with Crippen LogP contribution >= 0.6 is 0 Å². The Hall–Kier alpha value is -1.58. The van der Waals surface area contributed by atoms with E-state index in [0.717, 1.165) is 0 Å². The van der Waals surface area contributed by atoms with Crippen molar-refractivity contribution in [3.8, 4) is 0 Å². The second-order valence-electron chi connectivity index (χ2n) is 3.30. The van der Waals surface area contributed by atoms with Gasteiger partial charge in [-0.3, -0.25) is 0 Å². The van der Waals surface area contributed by atoms with E-state index < -0.39 is 11.9 Å². The normalized spacial score (nSPS) is 20.1. The van der Waals surface area contributed by atoms with Crippen molar-refractivity contribution in [3.05, 3.63) is 23.3 Å². The van der Waals surface area contributed by atoms with Crippen molar-refractivity contribution >= 4 is 11.9 Å². The van der Waals surface area contributed by atoms with Crippen molar-refractivity contribution in [2.24, 2.45) is 5.92 Å². The maximum Gasteiger partial charge on any atom is 0.334 e. The molecular formula is C11H14O4. The molecule has 1 rings (SSSR count). The fraction of sp³-hybridized carbons (Fsp3) is 0.455. The highest BCUT2D eigenvalue weighted by molar-refractivity contribution is 6.01. The summed E-state index contributed by atoms with van der Waals surface area (Å²) in [5.74, 6) is -1.04. The van der Waals surface area contributed by atoms with Crippen molar-refractivity contribution in [2.45, 2.75) is 13.3 Å². The zero-order valence-electron chi connectivity index (χ0n) is 9.07. The van der Waals surface area contributed by atoms with Gasteiger partial charge in [-0.1, -0.05) is 19.1 Å². The van der Waals surface area contributed by atoms with Crippen molar-refractivity contribution in [1.29, 1.82) is 0 Å². The van der Waals surface area contributed by atoms with E-state index in [2.05, 4.69) is 9.47 Å². The second-order valence-corrected chi connectivity index (χ2v) is 3.30. The predicted molar refractivity (Wildman–Crippen MR) is 54.0 cm³/mol. The highest BCUT2D eigenvalue weighted by atomic mass is 16.5. The second kappa shape index (κ2) is 4.77. The van der Waals surface area contributed by atoms with Gasteiger partial charge in [-0.2, -0.15) is 0 Å². The topological polar surface area (TPSA) is 52.6 Å². The molecule has 1 aliphatic carbocycles. The lowest BCUT2D eigenvalue weighted by molar-refractivity contribution is -0.139. The number of carbonyl (C=O) groups is 2. The van der Waals surface area contributed by atoms with Gasteiger partial charge in [0.15, 0.2) is 0 Å². The van der Waals surface area contributed by atoms with Gasteiger partial charge in [0.05, 0.1) is 25.4 Å². The summed E-state index contributed by atoms with van der Waals surface area (Å²) in [4.78, 5) is 22.9. The smallest absolute Gasteiger partial charge is 0.334 e. The molecule has 1 atom stereocenters. The third kappa shape index (κ3) is 2.26. The Balaban J connectivity index is 3.11. The number of ether oxygens (including phenoxy) is 2. The predicted octanol–water partition coefficient (Wildman–Crippen LogP) is 1.22. The molecule has 15 heavy (non-hydrogen) atoms. The van der Waals surface area contributed by atoms with Gasteiger partial charge in [-0.25, -0.2) is 9.59 Å². The summed E-state index contributed by atoms with van der Waals surface area (Å²) in [6.45, 7) is 1.84. The molecule has 82 valence electrons. The van der Waals surface area contributed by atoms with Crippen LogP contribution in [0.15, 0.2) is 23.3 Å². The summed E-state index contributed by atoms with van der Waals surface area (Å²) < 4.78 is 9.27. The van der Waals surface area contributed by atoms with Crippen LogP contribution in [0.2, 0.25) is 0 Å². The molecule has 0 aromatic heterocycles. The first kappa shape index (κ1) is 11.5.